The molecule has 0 fully saturated rings. The van der Waals surface area contributed by atoms with Crippen LogP contribution in [0, 0.1) is 0 Å². The minimum Gasteiger partial charge on any atom is -0.312 e. The van der Waals surface area contributed by atoms with Crippen molar-refractivity contribution >= 4 is 0 Å². The Labute approximate surface area is 78.5 Å². The van der Waals surface area contributed by atoms with Gasteiger partial charge >= 0.3 is 0 Å². The summed E-state index contributed by atoms with van der Waals surface area (Å²) in [6.45, 7) is 7.29. The average Bonchev–Trinajstić information content (AvgIpc) is 2.33. The minimum atomic E-state index is 0.155. The number of hydrogen-bond donors (Lipinski definition) is 1. The van der Waals surface area contributed by atoms with Gasteiger partial charge in [0.1, 0.15) is 0 Å². The van der Waals surface area contributed by atoms with Crippen molar-refractivity contribution in [2.45, 2.75) is 32.7 Å². The molecule has 13 heavy (non-hydrogen) atoms. The SMILES string of the molecule is Cn1nnc(CCNC(C)(C)C)n1. The van der Waals surface area contributed by atoms with Crippen LogP contribution in [0.1, 0.15) is 26.6 Å². The van der Waals surface area contributed by atoms with E-state index in [4.69, 9.17) is 0 Å². The van der Waals surface area contributed by atoms with Crippen molar-refractivity contribution in [3.8, 4) is 0 Å². The van der Waals surface area contributed by atoms with Gasteiger partial charge in [-0.3, -0.25) is 0 Å². The van der Waals surface area contributed by atoms with E-state index in [0.717, 1.165) is 18.8 Å². The highest BCUT2D eigenvalue weighted by molar-refractivity contribution is 4.80. The van der Waals surface area contributed by atoms with E-state index < -0.39 is 0 Å². The molecular weight excluding hydrogens is 166 g/mol. The standard InChI is InChI=1S/C8H17N5/c1-8(2,3)9-6-5-7-10-12-13(4)11-7/h9H,5-6H2,1-4H3. The van der Waals surface area contributed by atoms with E-state index in [1.165, 1.54) is 4.80 Å². The Hall–Kier alpha value is -0.970. The van der Waals surface area contributed by atoms with Gasteiger partial charge in [0, 0.05) is 18.5 Å². The molecule has 1 aromatic rings. The molecule has 0 radical (unpaired) electrons. The van der Waals surface area contributed by atoms with Crippen LogP contribution < -0.4 is 5.32 Å². The second-order valence-corrected chi connectivity index (χ2v) is 4.12. The predicted molar refractivity (Wildman–Crippen MR) is 50.3 cm³/mol. The molecule has 0 atom stereocenters. The summed E-state index contributed by atoms with van der Waals surface area (Å²) in [7, 11) is 1.77. The van der Waals surface area contributed by atoms with Crippen molar-refractivity contribution in [1.82, 2.24) is 25.5 Å². The van der Waals surface area contributed by atoms with Gasteiger partial charge in [0.25, 0.3) is 0 Å². The number of tetrazole rings is 1. The summed E-state index contributed by atoms with van der Waals surface area (Å²) in [5.41, 5.74) is 0.155. The molecule has 0 aliphatic carbocycles. The predicted octanol–water partition coefficient (Wildman–Crippen LogP) is 0.141. The summed E-state index contributed by atoms with van der Waals surface area (Å²) in [5, 5.41) is 15.1. The van der Waals surface area contributed by atoms with E-state index in [1.54, 1.807) is 7.05 Å². The van der Waals surface area contributed by atoms with Crippen molar-refractivity contribution < 1.29 is 0 Å². The summed E-state index contributed by atoms with van der Waals surface area (Å²) in [6, 6.07) is 0. The Morgan fingerprint density at radius 2 is 2.08 bits per heavy atom. The van der Waals surface area contributed by atoms with Gasteiger partial charge in [-0.2, -0.15) is 4.80 Å². The zero-order valence-electron chi connectivity index (χ0n) is 8.70. The maximum absolute atomic E-state index is 4.08. The van der Waals surface area contributed by atoms with Gasteiger partial charge in [-0.05, 0) is 26.0 Å². The number of rotatable bonds is 3. The molecule has 1 N–H and O–H groups in total. The van der Waals surface area contributed by atoms with Crippen LogP contribution in [0.15, 0.2) is 0 Å². The van der Waals surface area contributed by atoms with E-state index in [-0.39, 0.29) is 5.54 Å². The van der Waals surface area contributed by atoms with Gasteiger partial charge in [-0.1, -0.05) is 0 Å². The molecule has 0 spiro atoms. The fourth-order valence-corrected chi connectivity index (χ4v) is 0.973. The minimum absolute atomic E-state index is 0.155. The first-order chi connectivity index (χ1) is 5.97. The van der Waals surface area contributed by atoms with Crippen LogP contribution in [0.2, 0.25) is 0 Å². The fourth-order valence-electron chi connectivity index (χ4n) is 0.973. The molecule has 0 unspecified atom stereocenters. The molecule has 1 rings (SSSR count). The lowest BCUT2D eigenvalue weighted by molar-refractivity contribution is 0.427. The molecule has 0 aromatic carbocycles. The maximum Gasteiger partial charge on any atom is 0.176 e. The summed E-state index contributed by atoms with van der Waals surface area (Å²) < 4.78 is 0. The Kier molecular flexibility index (Phi) is 2.98. The summed E-state index contributed by atoms with van der Waals surface area (Å²) in [4.78, 5) is 1.48. The van der Waals surface area contributed by atoms with E-state index in [0.29, 0.717) is 0 Å². The summed E-state index contributed by atoms with van der Waals surface area (Å²) in [5.74, 6) is 0.791. The molecule has 0 saturated carbocycles. The molecule has 5 nitrogen and oxygen atoms in total. The first kappa shape index (κ1) is 10.1. The fraction of sp³-hybridized carbons (Fsp3) is 0.875. The van der Waals surface area contributed by atoms with E-state index >= 15 is 0 Å². The van der Waals surface area contributed by atoms with Gasteiger partial charge in [0.05, 0.1) is 7.05 Å². The molecule has 1 heterocycles. The zero-order valence-corrected chi connectivity index (χ0v) is 8.70. The van der Waals surface area contributed by atoms with Gasteiger partial charge in [0.15, 0.2) is 5.82 Å². The molecule has 0 aliphatic heterocycles. The molecule has 1 aromatic heterocycles. The number of nitrogens with one attached hydrogen (secondary N) is 1. The van der Waals surface area contributed by atoms with Crippen LogP contribution in [-0.2, 0) is 13.5 Å². The van der Waals surface area contributed by atoms with Gasteiger partial charge in [-0.25, -0.2) is 0 Å². The third-order valence-corrected chi connectivity index (χ3v) is 1.55. The third kappa shape index (κ3) is 3.98. The Morgan fingerprint density at radius 3 is 2.54 bits per heavy atom. The Morgan fingerprint density at radius 1 is 1.38 bits per heavy atom. The van der Waals surface area contributed by atoms with E-state index in [1.807, 2.05) is 0 Å². The third-order valence-electron chi connectivity index (χ3n) is 1.55. The van der Waals surface area contributed by atoms with Crippen LogP contribution in [0.5, 0.6) is 0 Å². The Bertz CT molecular complexity index is 260. The molecule has 0 amide bonds. The normalized spacial score (nSPS) is 12.0. The average molecular weight is 183 g/mol. The second-order valence-electron chi connectivity index (χ2n) is 4.12. The van der Waals surface area contributed by atoms with Crippen LogP contribution in [0.25, 0.3) is 0 Å². The highest BCUT2D eigenvalue weighted by Crippen LogP contribution is 1.98. The first-order valence-electron chi connectivity index (χ1n) is 4.45. The molecule has 0 bridgehead atoms. The van der Waals surface area contributed by atoms with Crippen LogP contribution in [0.4, 0.5) is 0 Å². The molecular formula is C8H17N5. The largest absolute Gasteiger partial charge is 0.312 e. The van der Waals surface area contributed by atoms with Crippen molar-refractivity contribution in [1.29, 1.82) is 0 Å². The van der Waals surface area contributed by atoms with E-state index in [2.05, 4.69) is 41.5 Å². The highest BCUT2D eigenvalue weighted by Gasteiger charge is 2.08. The molecule has 0 saturated heterocycles. The van der Waals surface area contributed by atoms with E-state index in [9.17, 15) is 0 Å². The van der Waals surface area contributed by atoms with Crippen molar-refractivity contribution in [3.05, 3.63) is 5.82 Å². The molecule has 74 valence electrons. The molecule has 5 heteroatoms. The van der Waals surface area contributed by atoms with Gasteiger partial charge in [-0.15, -0.1) is 10.2 Å². The first-order valence-corrected chi connectivity index (χ1v) is 4.45. The number of hydrogen-bond acceptors (Lipinski definition) is 4. The summed E-state index contributed by atoms with van der Waals surface area (Å²) >= 11 is 0. The Balaban J connectivity index is 2.28. The van der Waals surface area contributed by atoms with Crippen LogP contribution in [0.3, 0.4) is 0 Å². The topological polar surface area (TPSA) is 55.6 Å². The lowest BCUT2D eigenvalue weighted by Crippen LogP contribution is -2.37. The highest BCUT2D eigenvalue weighted by atomic mass is 15.6. The monoisotopic (exact) mass is 183 g/mol. The van der Waals surface area contributed by atoms with Crippen molar-refractivity contribution in [2.75, 3.05) is 6.54 Å². The maximum atomic E-state index is 4.08. The quantitative estimate of drug-likeness (QED) is 0.724. The summed E-state index contributed by atoms with van der Waals surface area (Å²) in [6.07, 6.45) is 0.825. The van der Waals surface area contributed by atoms with Gasteiger partial charge in [0.2, 0.25) is 0 Å². The number of aryl methyl sites for hydroxylation is 1. The number of aromatic nitrogens is 4. The smallest absolute Gasteiger partial charge is 0.176 e. The van der Waals surface area contributed by atoms with Crippen molar-refractivity contribution in [2.24, 2.45) is 7.05 Å². The number of nitrogens with zero attached hydrogens (tertiary/aromatic N) is 4. The van der Waals surface area contributed by atoms with Crippen LogP contribution in [-0.4, -0.2) is 32.3 Å². The van der Waals surface area contributed by atoms with Crippen molar-refractivity contribution in [3.63, 3.8) is 0 Å². The van der Waals surface area contributed by atoms with Gasteiger partial charge < -0.3 is 5.32 Å². The zero-order chi connectivity index (χ0) is 9.90. The molecule has 0 aliphatic rings. The van der Waals surface area contributed by atoms with Crippen LogP contribution >= 0.6 is 0 Å². The lowest BCUT2D eigenvalue weighted by Gasteiger charge is -2.19. The lowest BCUT2D eigenvalue weighted by atomic mass is 10.1. The second kappa shape index (κ2) is 3.83.